The molecule has 1 aromatic carbocycles. The molecule has 16 heavy (non-hydrogen) atoms. The van der Waals surface area contributed by atoms with Crippen molar-refractivity contribution in [3.05, 3.63) is 29.3 Å². The predicted octanol–water partition coefficient (Wildman–Crippen LogP) is 4.55. The van der Waals surface area contributed by atoms with Crippen LogP contribution in [0.25, 0.3) is 0 Å². The molecular formula is C15H20S. The quantitative estimate of drug-likeness (QED) is 0.632. The van der Waals surface area contributed by atoms with Gasteiger partial charge in [-0.05, 0) is 47.8 Å². The van der Waals surface area contributed by atoms with Crippen molar-refractivity contribution in [1.29, 1.82) is 0 Å². The van der Waals surface area contributed by atoms with Crippen molar-refractivity contribution in [2.45, 2.75) is 50.3 Å². The first-order chi connectivity index (χ1) is 7.55. The molecule has 1 heterocycles. The fourth-order valence-electron chi connectivity index (χ4n) is 3.54. The maximum Gasteiger partial charge on any atom is 0.0113 e. The van der Waals surface area contributed by atoms with Gasteiger partial charge in [-0.25, -0.2) is 0 Å². The maximum absolute atomic E-state index is 2.50. The summed E-state index contributed by atoms with van der Waals surface area (Å²) in [6.45, 7) is 7.19. The highest BCUT2D eigenvalue weighted by Crippen LogP contribution is 2.60. The summed E-state index contributed by atoms with van der Waals surface area (Å²) in [6, 6.07) is 7.05. The fourth-order valence-corrected chi connectivity index (χ4v) is 5.20. The van der Waals surface area contributed by atoms with E-state index in [0.717, 1.165) is 0 Å². The summed E-state index contributed by atoms with van der Waals surface area (Å²) in [4.78, 5) is 1.54. The van der Waals surface area contributed by atoms with Gasteiger partial charge in [0.05, 0.1) is 0 Å². The Balaban J connectivity index is 2.18. The normalized spacial score (nSPS) is 36.9. The number of aryl methyl sites for hydroxylation is 1. The van der Waals surface area contributed by atoms with E-state index < -0.39 is 0 Å². The van der Waals surface area contributed by atoms with Gasteiger partial charge >= 0.3 is 0 Å². The zero-order valence-electron chi connectivity index (χ0n) is 10.5. The number of hydrogen-bond acceptors (Lipinski definition) is 1. The van der Waals surface area contributed by atoms with Crippen LogP contribution in [0.4, 0.5) is 0 Å². The highest BCUT2D eigenvalue weighted by Gasteiger charge is 2.52. The molecule has 0 nitrogen and oxygen atoms in total. The van der Waals surface area contributed by atoms with Crippen LogP contribution in [-0.4, -0.2) is 5.75 Å². The molecule has 1 fully saturated rings. The molecule has 0 N–H and O–H groups in total. The fraction of sp³-hybridized carbons (Fsp3) is 0.600. The van der Waals surface area contributed by atoms with Crippen LogP contribution in [0.15, 0.2) is 23.1 Å². The van der Waals surface area contributed by atoms with Gasteiger partial charge in [0.15, 0.2) is 0 Å². The summed E-state index contributed by atoms with van der Waals surface area (Å²) in [7, 11) is 0. The first-order valence-electron chi connectivity index (χ1n) is 6.29. The van der Waals surface area contributed by atoms with Gasteiger partial charge in [-0.2, -0.15) is 0 Å². The number of benzene rings is 1. The predicted molar refractivity (Wildman–Crippen MR) is 71.2 cm³/mol. The molecule has 0 amide bonds. The minimum atomic E-state index is 0.432. The Morgan fingerprint density at radius 3 is 2.81 bits per heavy atom. The second-order valence-corrected chi connectivity index (χ2v) is 7.05. The molecule has 1 aromatic rings. The second-order valence-electron chi connectivity index (χ2n) is 6.03. The van der Waals surface area contributed by atoms with Gasteiger partial charge in [-0.1, -0.05) is 32.4 Å². The average molecular weight is 232 g/mol. The Hall–Kier alpha value is -0.430. The summed E-state index contributed by atoms with van der Waals surface area (Å²) in [6.07, 6.45) is 4.19. The summed E-state index contributed by atoms with van der Waals surface area (Å²) in [5, 5.41) is 0. The molecule has 1 saturated carbocycles. The molecule has 86 valence electrons. The van der Waals surface area contributed by atoms with Crippen LogP contribution in [0.1, 0.15) is 44.2 Å². The zero-order chi connectivity index (χ0) is 11.4. The van der Waals surface area contributed by atoms with Gasteiger partial charge in [0, 0.05) is 10.6 Å². The van der Waals surface area contributed by atoms with E-state index in [1.54, 1.807) is 10.5 Å². The first-order valence-corrected chi connectivity index (χ1v) is 7.28. The van der Waals surface area contributed by atoms with E-state index >= 15 is 0 Å². The molecule has 0 unspecified atom stereocenters. The van der Waals surface area contributed by atoms with Crippen LogP contribution < -0.4 is 0 Å². The minimum Gasteiger partial charge on any atom is -0.125 e. The van der Waals surface area contributed by atoms with Crippen LogP contribution in [0, 0.1) is 12.3 Å². The lowest BCUT2D eigenvalue weighted by molar-refractivity contribution is 0.223. The first kappa shape index (κ1) is 10.7. The molecule has 2 atom stereocenters. The molecule has 0 bridgehead atoms. The monoisotopic (exact) mass is 232 g/mol. The average Bonchev–Trinajstić information content (AvgIpc) is 2.55. The van der Waals surface area contributed by atoms with Gasteiger partial charge in [-0.15, -0.1) is 11.8 Å². The van der Waals surface area contributed by atoms with Crippen LogP contribution in [-0.2, 0) is 5.41 Å². The van der Waals surface area contributed by atoms with Crippen molar-refractivity contribution in [3.63, 3.8) is 0 Å². The topological polar surface area (TPSA) is 0 Å². The van der Waals surface area contributed by atoms with Crippen molar-refractivity contribution < 1.29 is 0 Å². The molecule has 0 radical (unpaired) electrons. The van der Waals surface area contributed by atoms with Gasteiger partial charge in [0.2, 0.25) is 0 Å². The number of thioether (sulfide) groups is 1. The van der Waals surface area contributed by atoms with Crippen molar-refractivity contribution in [1.82, 2.24) is 0 Å². The van der Waals surface area contributed by atoms with Gasteiger partial charge in [0.1, 0.15) is 0 Å². The Labute approximate surface area is 103 Å². The maximum atomic E-state index is 2.50. The highest BCUT2D eigenvalue weighted by atomic mass is 32.2. The SMILES string of the molecule is Cc1ccc2c(c1)SC[C@@]1(C)CCC[C@@]21C. The second kappa shape index (κ2) is 3.29. The standard InChI is InChI=1S/C15H20S/c1-11-5-6-12-13(9-11)16-10-14(2)7-4-8-15(12,14)3/h5-6,9H,4,7-8,10H2,1-3H3/t14-,15+/m1/s1. The van der Waals surface area contributed by atoms with E-state index in [1.807, 2.05) is 0 Å². The molecule has 1 heteroatoms. The van der Waals surface area contributed by atoms with E-state index in [4.69, 9.17) is 0 Å². The Bertz CT molecular complexity index is 437. The molecule has 3 rings (SSSR count). The van der Waals surface area contributed by atoms with Gasteiger partial charge < -0.3 is 0 Å². The number of rotatable bonds is 0. The summed E-state index contributed by atoms with van der Waals surface area (Å²) in [5.41, 5.74) is 3.98. The largest absolute Gasteiger partial charge is 0.125 e. The summed E-state index contributed by atoms with van der Waals surface area (Å²) >= 11 is 2.08. The van der Waals surface area contributed by atoms with Crippen LogP contribution in [0.3, 0.4) is 0 Å². The molecule has 0 spiro atoms. The van der Waals surface area contributed by atoms with Crippen molar-refractivity contribution in [3.8, 4) is 0 Å². The third kappa shape index (κ3) is 1.24. The Morgan fingerprint density at radius 2 is 2.00 bits per heavy atom. The van der Waals surface area contributed by atoms with Gasteiger partial charge in [0.25, 0.3) is 0 Å². The molecule has 1 aliphatic carbocycles. The van der Waals surface area contributed by atoms with E-state index in [-0.39, 0.29) is 0 Å². The third-order valence-corrected chi connectivity index (χ3v) is 6.45. The van der Waals surface area contributed by atoms with E-state index in [2.05, 4.69) is 50.7 Å². The molecule has 2 aliphatic rings. The Morgan fingerprint density at radius 1 is 1.19 bits per heavy atom. The number of hydrogen-bond donors (Lipinski definition) is 0. The number of fused-ring (bicyclic) bond motifs is 3. The molecule has 0 saturated heterocycles. The smallest absolute Gasteiger partial charge is 0.0113 e. The van der Waals surface area contributed by atoms with E-state index in [1.165, 1.54) is 30.6 Å². The van der Waals surface area contributed by atoms with E-state index in [9.17, 15) is 0 Å². The van der Waals surface area contributed by atoms with Crippen molar-refractivity contribution in [2.24, 2.45) is 5.41 Å². The Kier molecular flexibility index (Phi) is 2.20. The van der Waals surface area contributed by atoms with Crippen LogP contribution >= 0.6 is 11.8 Å². The van der Waals surface area contributed by atoms with Crippen LogP contribution in [0.5, 0.6) is 0 Å². The lowest BCUT2D eigenvalue weighted by Crippen LogP contribution is -2.41. The summed E-state index contributed by atoms with van der Waals surface area (Å²) in [5.74, 6) is 1.31. The lowest BCUT2D eigenvalue weighted by atomic mass is 9.65. The molecular weight excluding hydrogens is 212 g/mol. The molecule has 0 aromatic heterocycles. The van der Waals surface area contributed by atoms with Gasteiger partial charge in [-0.3, -0.25) is 0 Å². The minimum absolute atomic E-state index is 0.432. The zero-order valence-corrected chi connectivity index (χ0v) is 11.3. The third-order valence-electron chi connectivity index (χ3n) is 5.02. The summed E-state index contributed by atoms with van der Waals surface area (Å²) < 4.78 is 0. The van der Waals surface area contributed by atoms with Crippen molar-refractivity contribution >= 4 is 11.8 Å². The molecule has 1 aliphatic heterocycles. The van der Waals surface area contributed by atoms with Crippen molar-refractivity contribution in [2.75, 3.05) is 5.75 Å². The highest BCUT2D eigenvalue weighted by molar-refractivity contribution is 7.99. The van der Waals surface area contributed by atoms with Crippen LogP contribution in [0.2, 0.25) is 0 Å². The lowest BCUT2D eigenvalue weighted by Gasteiger charge is -2.46. The van der Waals surface area contributed by atoms with E-state index in [0.29, 0.717) is 10.8 Å².